The Kier molecular flexibility index (Phi) is 7.04. The van der Waals surface area contributed by atoms with E-state index in [1.54, 1.807) is 13.8 Å². The zero-order valence-corrected chi connectivity index (χ0v) is 14.2. The fourth-order valence-corrected chi connectivity index (χ4v) is 2.58. The van der Waals surface area contributed by atoms with E-state index >= 15 is 0 Å². The fraction of sp³-hybridized carbons (Fsp3) is 0.688. The summed E-state index contributed by atoms with van der Waals surface area (Å²) in [5, 5.41) is 20.8. The molecule has 0 aromatic heterocycles. The van der Waals surface area contributed by atoms with Crippen LogP contribution in [-0.4, -0.2) is 66.1 Å². The van der Waals surface area contributed by atoms with Gasteiger partial charge in [0, 0.05) is 19.3 Å². The number of carbonyl (C=O) groups is 2. The summed E-state index contributed by atoms with van der Waals surface area (Å²) in [7, 11) is 3.91. The Labute approximate surface area is 137 Å². The summed E-state index contributed by atoms with van der Waals surface area (Å²) in [6.07, 6.45) is 3.45. The molecule has 0 spiro atoms. The van der Waals surface area contributed by atoms with Crippen molar-refractivity contribution in [2.45, 2.75) is 38.8 Å². The molecule has 1 atom stereocenters. The van der Waals surface area contributed by atoms with Gasteiger partial charge in [-0.3, -0.25) is 4.79 Å². The molecular weight excluding hydrogens is 296 g/mol. The highest BCUT2D eigenvalue weighted by Crippen LogP contribution is 2.15. The van der Waals surface area contributed by atoms with E-state index in [9.17, 15) is 14.9 Å². The second kappa shape index (κ2) is 8.53. The summed E-state index contributed by atoms with van der Waals surface area (Å²) >= 11 is 0. The third-order valence-corrected chi connectivity index (χ3v) is 4.18. The van der Waals surface area contributed by atoms with E-state index in [1.165, 1.54) is 6.20 Å². The second-order valence-corrected chi connectivity index (χ2v) is 6.39. The quantitative estimate of drug-likeness (QED) is 0.550. The number of aliphatic carboxylic acids is 1. The van der Waals surface area contributed by atoms with Crippen LogP contribution in [0, 0.1) is 17.2 Å². The molecule has 1 unspecified atom stereocenters. The van der Waals surface area contributed by atoms with Crippen molar-refractivity contribution in [2.24, 2.45) is 5.92 Å². The number of hydrogen-bond acceptors (Lipinski definition) is 5. The van der Waals surface area contributed by atoms with E-state index < -0.39 is 17.9 Å². The molecule has 0 aromatic rings. The van der Waals surface area contributed by atoms with E-state index in [1.807, 2.05) is 18.0 Å². The van der Waals surface area contributed by atoms with Crippen molar-refractivity contribution < 1.29 is 14.7 Å². The van der Waals surface area contributed by atoms with E-state index in [4.69, 9.17) is 5.11 Å². The highest BCUT2D eigenvalue weighted by Gasteiger charge is 2.26. The molecule has 0 saturated carbocycles. The molecule has 1 saturated heterocycles. The standard InChI is InChI=1S/C16H26N4O3/c1-11(2)14(16(22)23)18-15(21)12(9-17)10-20(4)13-5-7-19(3)8-6-13/h10-11,13-14H,5-8H2,1-4H3,(H,18,21)(H,22,23)/b12-10-. The lowest BCUT2D eigenvalue weighted by molar-refractivity contribution is -0.142. The molecule has 7 heteroatoms. The van der Waals surface area contributed by atoms with Crippen molar-refractivity contribution in [1.82, 2.24) is 15.1 Å². The van der Waals surface area contributed by atoms with Gasteiger partial charge >= 0.3 is 5.97 Å². The van der Waals surface area contributed by atoms with Crippen LogP contribution in [0.5, 0.6) is 0 Å². The van der Waals surface area contributed by atoms with E-state index in [0.717, 1.165) is 25.9 Å². The largest absolute Gasteiger partial charge is 0.480 e. The van der Waals surface area contributed by atoms with E-state index in [0.29, 0.717) is 0 Å². The number of nitriles is 1. The summed E-state index contributed by atoms with van der Waals surface area (Å²) in [4.78, 5) is 27.4. The molecule has 0 aliphatic carbocycles. The summed E-state index contributed by atoms with van der Waals surface area (Å²) in [6.45, 7) is 5.37. The molecule has 128 valence electrons. The predicted molar refractivity (Wildman–Crippen MR) is 86.4 cm³/mol. The Balaban J connectivity index is 2.76. The number of piperidine rings is 1. The highest BCUT2D eigenvalue weighted by molar-refractivity contribution is 5.99. The van der Waals surface area contributed by atoms with Gasteiger partial charge in [-0.25, -0.2) is 4.79 Å². The normalized spacial score (nSPS) is 18.3. The van der Waals surface area contributed by atoms with E-state index in [2.05, 4.69) is 17.3 Å². The Morgan fingerprint density at radius 2 is 1.96 bits per heavy atom. The third kappa shape index (κ3) is 5.57. The monoisotopic (exact) mass is 322 g/mol. The Morgan fingerprint density at radius 1 is 1.39 bits per heavy atom. The molecule has 0 aromatic carbocycles. The van der Waals surface area contributed by atoms with Gasteiger partial charge in [-0.15, -0.1) is 0 Å². The predicted octanol–water partition coefficient (Wildman–Crippen LogP) is 0.645. The molecule has 2 N–H and O–H groups in total. The Morgan fingerprint density at radius 3 is 2.39 bits per heavy atom. The van der Waals surface area contributed by atoms with Crippen LogP contribution in [0.4, 0.5) is 0 Å². The molecule has 1 amide bonds. The average molecular weight is 322 g/mol. The van der Waals surface area contributed by atoms with Crippen LogP contribution in [0.25, 0.3) is 0 Å². The van der Waals surface area contributed by atoms with Crippen LogP contribution in [-0.2, 0) is 9.59 Å². The third-order valence-electron chi connectivity index (χ3n) is 4.18. The molecule has 0 bridgehead atoms. The maximum absolute atomic E-state index is 12.2. The smallest absolute Gasteiger partial charge is 0.326 e. The van der Waals surface area contributed by atoms with Crippen LogP contribution in [0.15, 0.2) is 11.8 Å². The molecule has 1 aliphatic heterocycles. The molecule has 7 nitrogen and oxygen atoms in total. The van der Waals surface area contributed by atoms with Crippen LogP contribution in [0.1, 0.15) is 26.7 Å². The van der Waals surface area contributed by atoms with Crippen molar-refractivity contribution in [3.63, 3.8) is 0 Å². The van der Waals surface area contributed by atoms with Crippen molar-refractivity contribution >= 4 is 11.9 Å². The number of carboxylic acid groups (broad SMARTS) is 1. The summed E-state index contributed by atoms with van der Waals surface area (Å²) in [5.74, 6) is -2.01. The number of amides is 1. The molecule has 1 rings (SSSR count). The molecule has 23 heavy (non-hydrogen) atoms. The lowest BCUT2D eigenvalue weighted by atomic mass is 10.0. The minimum Gasteiger partial charge on any atom is -0.480 e. The zero-order valence-electron chi connectivity index (χ0n) is 14.2. The van der Waals surface area contributed by atoms with Crippen molar-refractivity contribution in [2.75, 3.05) is 27.2 Å². The van der Waals surface area contributed by atoms with Gasteiger partial charge in [0.05, 0.1) is 0 Å². The van der Waals surface area contributed by atoms with Gasteiger partial charge in [-0.1, -0.05) is 13.8 Å². The minimum atomic E-state index is -1.10. The average Bonchev–Trinajstić information content (AvgIpc) is 2.49. The van der Waals surface area contributed by atoms with Gasteiger partial charge in [0.25, 0.3) is 5.91 Å². The van der Waals surface area contributed by atoms with Gasteiger partial charge in [0.1, 0.15) is 17.7 Å². The number of nitrogens with zero attached hydrogens (tertiary/aromatic N) is 3. The van der Waals surface area contributed by atoms with Gasteiger partial charge in [0.2, 0.25) is 0 Å². The van der Waals surface area contributed by atoms with Crippen LogP contribution in [0.2, 0.25) is 0 Å². The van der Waals surface area contributed by atoms with E-state index in [-0.39, 0.29) is 17.5 Å². The van der Waals surface area contributed by atoms with Gasteiger partial charge in [-0.05, 0) is 38.9 Å². The van der Waals surface area contributed by atoms with Gasteiger partial charge < -0.3 is 20.2 Å². The maximum atomic E-state index is 12.2. The van der Waals surface area contributed by atoms with Crippen molar-refractivity contribution in [3.05, 3.63) is 11.8 Å². The van der Waals surface area contributed by atoms with Crippen LogP contribution >= 0.6 is 0 Å². The zero-order chi connectivity index (χ0) is 17.6. The first-order valence-corrected chi connectivity index (χ1v) is 7.82. The summed E-state index contributed by atoms with van der Waals surface area (Å²) in [5.41, 5.74) is -0.0710. The number of likely N-dealkylation sites (tertiary alicyclic amines) is 1. The topological polar surface area (TPSA) is 96.7 Å². The molecule has 1 heterocycles. The molecule has 1 fully saturated rings. The second-order valence-electron chi connectivity index (χ2n) is 6.39. The first-order chi connectivity index (χ1) is 10.8. The number of carbonyl (C=O) groups excluding carboxylic acids is 1. The van der Waals surface area contributed by atoms with Gasteiger partial charge in [0.15, 0.2) is 0 Å². The first kappa shape index (κ1) is 19.0. The van der Waals surface area contributed by atoms with Crippen molar-refractivity contribution in [1.29, 1.82) is 5.26 Å². The summed E-state index contributed by atoms with van der Waals surface area (Å²) < 4.78 is 0. The lowest BCUT2D eigenvalue weighted by Gasteiger charge is -2.34. The Bertz CT molecular complexity index is 502. The molecule has 0 radical (unpaired) electrons. The maximum Gasteiger partial charge on any atom is 0.326 e. The molecular formula is C16H26N4O3. The number of hydrogen-bond donors (Lipinski definition) is 2. The number of rotatable bonds is 6. The number of carboxylic acids is 1. The fourth-order valence-electron chi connectivity index (χ4n) is 2.58. The first-order valence-electron chi connectivity index (χ1n) is 7.82. The summed E-state index contributed by atoms with van der Waals surface area (Å²) in [6, 6.07) is 1.14. The molecule has 1 aliphatic rings. The van der Waals surface area contributed by atoms with Crippen LogP contribution < -0.4 is 5.32 Å². The lowest BCUT2D eigenvalue weighted by Crippen LogP contribution is -2.45. The highest BCUT2D eigenvalue weighted by atomic mass is 16.4. The minimum absolute atomic E-state index is 0.0710. The van der Waals surface area contributed by atoms with Crippen molar-refractivity contribution in [3.8, 4) is 6.07 Å². The van der Waals surface area contributed by atoms with Crippen LogP contribution in [0.3, 0.4) is 0 Å². The number of nitrogens with one attached hydrogen (secondary N) is 1. The Hall–Kier alpha value is -2.07. The SMILES string of the molecule is CC(C)C(NC(=O)/C(C#N)=C\N(C)C1CCN(C)CC1)C(=O)O. The van der Waals surface area contributed by atoms with Gasteiger partial charge in [-0.2, -0.15) is 5.26 Å².